The van der Waals surface area contributed by atoms with E-state index in [0.717, 1.165) is 40.8 Å². The number of H-pyrrole nitrogens is 1. The minimum Gasteiger partial charge on any atom is -0.280 e. The molecule has 0 radical (unpaired) electrons. The van der Waals surface area contributed by atoms with Crippen LogP contribution in [0.15, 0.2) is 84.3 Å². The largest absolute Gasteiger partial charge is 0.280 e. The zero-order valence-corrected chi connectivity index (χ0v) is 20.1. The molecule has 0 amide bonds. The van der Waals surface area contributed by atoms with Crippen LogP contribution in [-0.4, -0.2) is 34.6 Å². The number of hydrogen-bond donors (Lipinski definition) is 1. The molecule has 3 heterocycles. The smallest absolute Gasteiger partial charge is 0.265 e. The number of aryl methyl sites for hydroxylation is 1. The predicted molar refractivity (Wildman–Crippen MR) is 134 cm³/mol. The standard InChI is InChI=1S/C27H25N5O2S/c1-19-6-10-23(11-7-19)35(33,34)32(22-8-9-22)26-24-12-13-27(16-25(24)30-31-26,20-4-2-14-28-17-20)21-5-3-15-29-18-21/h2-7,10-15,17-18,22H,8-9,16H2,1H3,(H,30,31). The summed E-state index contributed by atoms with van der Waals surface area (Å²) in [7, 11) is -3.75. The molecule has 35 heavy (non-hydrogen) atoms. The number of nitrogens with one attached hydrogen (secondary N) is 1. The average Bonchev–Trinajstić information content (AvgIpc) is 3.64. The van der Waals surface area contributed by atoms with Crippen molar-refractivity contribution < 1.29 is 8.42 Å². The van der Waals surface area contributed by atoms with E-state index in [2.05, 4.69) is 38.4 Å². The fraction of sp³-hybridized carbons (Fsp3) is 0.222. The van der Waals surface area contributed by atoms with E-state index < -0.39 is 15.4 Å². The molecule has 3 aromatic heterocycles. The van der Waals surface area contributed by atoms with Gasteiger partial charge in [-0.3, -0.25) is 15.1 Å². The van der Waals surface area contributed by atoms with E-state index in [1.807, 2.05) is 49.7 Å². The lowest BCUT2D eigenvalue weighted by atomic mass is 9.69. The zero-order chi connectivity index (χ0) is 24.0. The van der Waals surface area contributed by atoms with Gasteiger partial charge in [-0.05, 0) is 55.2 Å². The summed E-state index contributed by atoms with van der Waals surface area (Å²) < 4.78 is 28.9. The van der Waals surface area contributed by atoms with Gasteiger partial charge in [0.1, 0.15) is 0 Å². The third kappa shape index (κ3) is 3.65. The van der Waals surface area contributed by atoms with Gasteiger partial charge in [0, 0.05) is 53.9 Å². The van der Waals surface area contributed by atoms with Gasteiger partial charge in [-0.2, -0.15) is 5.10 Å². The number of allylic oxidation sites excluding steroid dienone is 1. The number of benzene rings is 1. The van der Waals surface area contributed by atoms with Gasteiger partial charge in [0.15, 0.2) is 5.82 Å². The summed E-state index contributed by atoms with van der Waals surface area (Å²) in [5, 5.41) is 7.73. The van der Waals surface area contributed by atoms with E-state index in [4.69, 9.17) is 0 Å². The monoisotopic (exact) mass is 483 g/mol. The summed E-state index contributed by atoms with van der Waals surface area (Å²) in [4.78, 5) is 9.00. The van der Waals surface area contributed by atoms with Crippen LogP contribution in [0.3, 0.4) is 0 Å². The Morgan fingerprint density at radius 2 is 1.63 bits per heavy atom. The number of fused-ring (bicyclic) bond motifs is 1. The van der Waals surface area contributed by atoms with Crippen LogP contribution in [0, 0.1) is 6.92 Å². The molecule has 0 unspecified atom stereocenters. The second-order valence-corrected chi connectivity index (χ2v) is 11.1. The summed E-state index contributed by atoms with van der Waals surface area (Å²) in [6.07, 6.45) is 13.6. The molecule has 8 heteroatoms. The minimum absolute atomic E-state index is 0.0783. The molecule has 2 aliphatic carbocycles. The maximum absolute atomic E-state index is 13.7. The normalized spacial score (nSPS) is 16.6. The molecule has 0 bridgehead atoms. The Balaban J connectivity index is 1.45. The van der Waals surface area contributed by atoms with Crippen LogP contribution in [0.5, 0.6) is 0 Å². The zero-order valence-electron chi connectivity index (χ0n) is 19.3. The van der Waals surface area contributed by atoms with Crippen LogP contribution in [-0.2, 0) is 21.9 Å². The van der Waals surface area contributed by atoms with E-state index >= 15 is 0 Å². The quantitative estimate of drug-likeness (QED) is 0.438. The molecule has 1 fully saturated rings. The first-order valence-corrected chi connectivity index (χ1v) is 13.1. The summed E-state index contributed by atoms with van der Waals surface area (Å²) >= 11 is 0. The molecule has 2 aliphatic rings. The number of sulfonamides is 1. The van der Waals surface area contributed by atoms with Gasteiger partial charge < -0.3 is 0 Å². The van der Waals surface area contributed by atoms with Crippen LogP contribution in [0.2, 0.25) is 0 Å². The van der Waals surface area contributed by atoms with E-state index in [1.54, 1.807) is 24.5 Å². The van der Waals surface area contributed by atoms with Gasteiger partial charge in [0.2, 0.25) is 0 Å². The number of aromatic nitrogens is 4. The highest BCUT2D eigenvalue weighted by Gasteiger charge is 2.43. The lowest BCUT2D eigenvalue weighted by Gasteiger charge is -2.34. The second-order valence-electron chi connectivity index (χ2n) is 9.25. The summed E-state index contributed by atoms with van der Waals surface area (Å²) in [5.74, 6) is 0.463. The third-order valence-corrected chi connectivity index (χ3v) is 8.73. The summed E-state index contributed by atoms with van der Waals surface area (Å²) in [6.45, 7) is 1.95. The molecule has 6 rings (SSSR count). The topological polar surface area (TPSA) is 91.8 Å². The lowest BCUT2D eigenvalue weighted by Crippen LogP contribution is -2.34. The fourth-order valence-electron chi connectivity index (χ4n) is 4.85. The SMILES string of the molecule is Cc1ccc(S(=O)(=O)N(c2n[nH]c3c2C=CC(c2cccnc2)(c2cccnc2)C3)C2CC2)cc1. The molecular weight excluding hydrogens is 458 g/mol. The number of pyridine rings is 2. The maximum atomic E-state index is 13.7. The van der Waals surface area contributed by atoms with Gasteiger partial charge in [-0.15, -0.1) is 0 Å². The first kappa shape index (κ1) is 21.7. The molecule has 0 spiro atoms. The first-order valence-electron chi connectivity index (χ1n) is 11.7. The minimum atomic E-state index is -3.75. The number of anilines is 1. The molecule has 1 saturated carbocycles. The van der Waals surface area contributed by atoms with Crippen molar-refractivity contribution in [3.8, 4) is 0 Å². The first-order chi connectivity index (χ1) is 17.0. The molecule has 1 N–H and O–H groups in total. The molecule has 7 nitrogen and oxygen atoms in total. The number of aromatic amines is 1. The Kier molecular flexibility index (Phi) is 5.07. The Bertz CT molecular complexity index is 1450. The highest BCUT2D eigenvalue weighted by molar-refractivity contribution is 7.92. The van der Waals surface area contributed by atoms with Crippen molar-refractivity contribution >= 4 is 21.9 Å². The van der Waals surface area contributed by atoms with Gasteiger partial charge >= 0.3 is 0 Å². The predicted octanol–water partition coefficient (Wildman–Crippen LogP) is 4.42. The second kappa shape index (κ2) is 8.16. The Morgan fingerprint density at radius 3 is 2.20 bits per heavy atom. The van der Waals surface area contributed by atoms with E-state index in [1.165, 1.54) is 4.31 Å². The molecule has 176 valence electrons. The maximum Gasteiger partial charge on any atom is 0.265 e. The van der Waals surface area contributed by atoms with Crippen LogP contribution in [0.4, 0.5) is 5.82 Å². The van der Waals surface area contributed by atoms with E-state index in [0.29, 0.717) is 12.2 Å². The fourth-order valence-corrected chi connectivity index (χ4v) is 6.53. The third-order valence-electron chi connectivity index (χ3n) is 6.87. The molecule has 0 saturated heterocycles. The van der Waals surface area contributed by atoms with Gasteiger partial charge in [-0.1, -0.05) is 42.0 Å². The summed E-state index contributed by atoms with van der Waals surface area (Å²) in [6, 6.07) is 14.9. The van der Waals surface area contributed by atoms with Crippen molar-refractivity contribution in [2.75, 3.05) is 4.31 Å². The van der Waals surface area contributed by atoms with E-state index in [9.17, 15) is 8.42 Å². The average molecular weight is 484 g/mol. The van der Waals surface area contributed by atoms with Gasteiger partial charge in [-0.25, -0.2) is 12.7 Å². The van der Waals surface area contributed by atoms with Crippen LogP contribution >= 0.6 is 0 Å². The van der Waals surface area contributed by atoms with Crippen molar-refractivity contribution in [2.45, 2.75) is 42.5 Å². The van der Waals surface area contributed by atoms with Crippen molar-refractivity contribution in [1.82, 2.24) is 20.2 Å². The highest BCUT2D eigenvalue weighted by Crippen LogP contribution is 2.45. The Morgan fingerprint density at radius 1 is 0.971 bits per heavy atom. The molecular formula is C27H25N5O2S. The molecule has 4 aromatic rings. The van der Waals surface area contributed by atoms with Crippen molar-refractivity contribution in [1.29, 1.82) is 0 Å². The summed E-state index contributed by atoms with van der Waals surface area (Å²) in [5.41, 5.74) is 4.31. The van der Waals surface area contributed by atoms with E-state index in [-0.39, 0.29) is 10.9 Å². The molecule has 0 atom stereocenters. The number of nitrogens with zero attached hydrogens (tertiary/aromatic N) is 4. The van der Waals surface area contributed by atoms with Crippen LogP contribution in [0.1, 0.15) is 40.8 Å². The molecule has 0 aliphatic heterocycles. The Hall–Kier alpha value is -3.78. The van der Waals surface area contributed by atoms with Crippen molar-refractivity contribution in [3.05, 3.63) is 107 Å². The number of hydrogen-bond acceptors (Lipinski definition) is 5. The van der Waals surface area contributed by atoms with Gasteiger partial charge in [0.25, 0.3) is 10.0 Å². The molecule has 1 aromatic carbocycles. The number of rotatable bonds is 6. The van der Waals surface area contributed by atoms with Crippen LogP contribution < -0.4 is 4.31 Å². The van der Waals surface area contributed by atoms with Crippen molar-refractivity contribution in [2.24, 2.45) is 0 Å². The van der Waals surface area contributed by atoms with Crippen molar-refractivity contribution in [3.63, 3.8) is 0 Å². The van der Waals surface area contributed by atoms with Gasteiger partial charge in [0.05, 0.1) is 4.90 Å². The highest BCUT2D eigenvalue weighted by atomic mass is 32.2. The Labute approximate surface area is 204 Å². The van der Waals surface area contributed by atoms with Crippen LogP contribution in [0.25, 0.3) is 6.08 Å². The lowest BCUT2D eigenvalue weighted by molar-refractivity contribution is 0.589.